The van der Waals surface area contributed by atoms with Crippen LogP contribution in [0, 0.1) is 10.1 Å². The molecule has 1 atom stereocenters. The van der Waals surface area contributed by atoms with Crippen molar-refractivity contribution in [2.45, 2.75) is 38.6 Å². The highest BCUT2D eigenvalue weighted by molar-refractivity contribution is 6.30. The van der Waals surface area contributed by atoms with Gasteiger partial charge in [0.1, 0.15) is 17.0 Å². The van der Waals surface area contributed by atoms with Crippen LogP contribution in [0.15, 0.2) is 24.3 Å². The third-order valence-corrected chi connectivity index (χ3v) is 4.07. The van der Waals surface area contributed by atoms with Crippen LogP contribution in [-0.2, 0) is 24.5 Å². The van der Waals surface area contributed by atoms with Gasteiger partial charge in [-0.15, -0.1) is 0 Å². The molecule has 0 saturated heterocycles. The molecule has 1 unspecified atom stereocenters. The molecule has 1 aromatic rings. The molecule has 0 N–H and O–H groups in total. The number of rotatable bonds is 8. The number of carbonyl (C=O) groups excluding carboxylic acids is 3. The van der Waals surface area contributed by atoms with Gasteiger partial charge in [0.25, 0.3) is 0 Å². The van der Waals surface area contributed by atoms with E-state index in [2.05, 4.69) is 0 Å². The number of nitro groups is 1. The Hall–Kier alpha value is -2.28. The first kappa shape index (κ1) is 19.8. The summed E-state index contributed by atoms with van der Waals surface area (Å²) in [6, 6.07) is 4.12. The zero-order valence-electron chi connectivity index (χ0n) is 13.6. The number of nitrogens with zero attached hydrogens (tertiary/aromatic N) is 1. The van der Waals surface area contributed by atoms with E-state index in [1.165, 1.54) is 25.1 Å². The first-order valence-electron chi connectivity index (χ1n) is 7.25. The van der Waals surface area contributed by atoms with Crippen molar-refractivity contribution in [3.63, 3.8) is 0 Å². The number of esters is 1. The largest absolute Gasteiger partial charge is 0.461 e. The highest BCUT2D eigenvalue weighted by atomic mass is 35.5. The zero-order valence-corrected chi connectivity index (χ0v) is 14.3. The van der Waals surface area contributed by atoms with Gasteiger partial charge in [0.05, 0.1) is 13.0 Å². The van der Waals surface area contributed by atoms with Gasteiger partial charge in [0, 0.05) is 9.95 Å². The zero-order chi connectivity index (χ0) is 18.5. The third-order valence-electron chi connectivity index (χ3n) is 3.83. The van der Waals surface area contributed by atoms with E-state index >= 15 is 0 Å². The van der Waals surface area contributed by atoms with Crippen LogP contribution in [0.25, 0.3) is 0 Å². The fraction of sp³-hybridized carbons (Fsp3) is 0.438. The number of benzene rings is 1. The van der Waals surface area contributed by atoms with E-state index in [0.29, 0.717) is 0 Å². The molecule has 0 bridgehead atoms. The quantitative estimate of drug-likeness (QED) is 0.307. The Balaban J connectivity index is 3.48. The molecule has 0 aliphatic rings. The maximum absolute atomic E-state index is 12.3. The number of ether oxygens (including phenoxy) is 1. The van der Waals surface area contributed by atoms with Gasteiger partial charge in [-0.2, -0.15) is 0 Å². The number of ketones is 2. The maximum atomic E-state index is 12.3. The monoisotopic (exact) mass is 355 g/mol. The van der Waals surface area contributed by atoms with Gasteiger partial charge >= 0.3 is 12.0 Å². The fourth-order valence-corrected chi connectivity index (χ4v) is 2.78. The summed E-state index contributed by atoms with van der Waals surface area (Å²) >= 11 is 5.92. The predicted molar refractivity (Wildman–Crippen MR) is 86.5 cm³/mol. The summed E-state index contributed by atoms with van der Waals surface area (Å²) in [6.45, 7) is 3.78. The Kier molecular flexibility index (Phi) is 6.60. The predicted octanol–water partition coefficient (Wildman–Crippen LogP) is 2.35. The molecular formula is C16H18ClNO6. The van der Waals surface area contributed by atoms with Crippen molar-refractivity contribution in [1.29, 1.82) is 0 Å². The minimum Gasteiger partial charge on any atom is -0.461 e. The average molecular weight is 356 g/mol. The SMILES string of the molecule is CCOC(=O)C(CC(C(C)=O)(C(C)=O)c1cccc(Cl)c1)[N+](=O)[O-]. The Morgan fingerprint density at radius 1 is 1.29 bits per heavy atom. The van der Waals surface area contributed by atoms with Crippen LogP contribution in [0.3, 0.4) is 0 Å². The van der Waals surface area contributed by atoms with Crippen molar-refractivity contribution < 1.29 is 24.0 Å². The van der Waals surface area contributed by atoms with Crippen LogP contribution in [0.4, 0.5) is 0 Å². The summed E-state index contributed by atoms with van der Waals surface area (Å²) in [6.07, 6.45) is -0.621. The van der Waals surface area contributed by atoms with Crippen LogP contribution in [-0.4, -0.2) is 35.1 Å². The lowest BCUT2D eigenvalue weighted by molar-refractivity contribution is -0.512. The van der Waals surface area contributed by atoms with Gasteiger partial charge in [-0.3, -0.25) is 19.7 Å². The summed E-state index contributed by atoms with van der Waals surface area (Å²) in [5.74, 6) is -2.29. The van der Waals surface area contributed by atoms with E-state index in [-0.39, 0.29) is 17.2 Å². The normalized spacial score (nSPS) is 12.3. The summed E-state index contributed by atoms with van der Waals surface area (Å²) in [5, 5.41) is 11.6. The molecule has 0 aliphatic heterocycles. The van der Waals surface area contributed by atoms with Crippen LogP contribution >= 0.6 is 11.6 Å². The Morgan fingerprint density at radius 2 is 1.88 bits per heavy atom. The molecule has 0 amide bonds. The number of carbonyl (C=O) groups is 3. The van der Waals surface area contributed by atoms with Crippen LogP contribution < -0.4 is 0 Å². The topological polar surface area (TPSA) is 104 Å². The average Bonchev–Trinajstić information content (AvgIpc) is 2.47. The summed E-state index contributed by atoms with van der Waals surface area (Å²) in [7, 11) is 0. The van der Waals surface area contributed by atoms with E-state index in [4.69, 9.17) is 16.3 Å². The summed E-state index contributed by atoms with van der Waals surface area (Å²) in [5.41, 5.74) is -1.62. The van der Waals surface area contributed by atoms with Gasteiger partial charge in [-0.05, 0) is 38.5 Å². The fourth-order valence-electron chi connectivity index (χ4n) is 2.59. The van der Waals surface area contributed by atoms with Crippen molar-refractivity contribution >= 4 is 29.1 Å². The van der Waals surface area contributed by atoms with E-state index in [9.17, 15) is 24.5 Å². The molecule has 1 rings (SSSR count). The van der Waals surface area contributed by atoms with Crippen molar-refractivity contribution in [2.24, 2.45) is 0 Å². The molecule has 0 spiro atoms. The van der Waals surface area contributed by atoms with Crippen molar-refractivity contribution in [3.8, 4) is 0 Å². The Bertz CT molecular complexity index is 658. The summed E-state index contributed by atoms with van der Waals surface area (Å²) in [4.78, 5) is 47.0. The molecule has 0 radical (unpaired) electrons. The standard InChI is InChI=1S/C16H18ClNO6/c1-4-24-15(21)14(18(22)23)9-16(10(2)19,11(3)20)12-6-5-7-13(17)8-12/h5-8,14H,4,9H2,1-3H3. The molecule has 0 aliphatic carbocycles. The van der Waals surface area contributed by atoms with Gasteiger partial charge in [-0.1, -0.05) is 23.7 Å². The van der Waals surface area contributed by atoms with E-state index in [1.54, 1.807) is 6.07 Å². The van der Waals surface area contributed by atoms with Gasteiger partial charge in [0.15, 0.2) is 0 Å². The molecule has 7 nitrogen and oxygen atoms in total. The smallest absolute Gasteiger partial charge is 0.381 e. The lowest BCUT2D eigenvalue weighted by Gasteiger charge is -2.29. The van der Waals surface area contributed by atoms with Crippen LogP contribution in [0.1, 0.15) is 32.8 Å². The lowest BCUT2D eigenvalue weighted by Crippen LogP contribution is -2.48. The van der Waals surface area contributed by atoms with E-state index < -0.39 is 40.3 Å². The maximum Gasteiger partial charge on any atom is 0.381 e. The van der Waals surface area contributed by atoms with E-state index in [1.807, 2.05) is 0 Å². The van der Waals surface area contributed by atoms with Gasteiger partial charge < -0.3 is 4.74 Å². The van der Waals surface area contributed by atoms with Crippen LogP contribution in [0.5, 0.6) is 0 Å². The lowest BCUT2D eigenvalue weighted by atomic mass is 9.70. The molecule has 130 valence electrons. The van der Waals surface area contributed by atoms with Crippen molar-refractivity contribution in [1.82, 2.24) is 0 Å². The van der Waals surface area contributed by atoms with Gasteiger partial charge in [-0.25, -0.2) is 4.79 Å². The first-order valence-corrected chi connectivity index (χ1v) is 7.62. The molecule has 0 aromatic heterocycles. The van der Waals surface area contributed by atoms with Crippen molar-refractivity contribution in [2.75, 3.05) is 6.61 Å². The number of hydrogen-bond acceptors (Lipinski definition) is 6. The number of halogens is 1. The molecule has 8 heteroatoms. The first-order chi connectivity index (χ1) is 11.2. The molecule has 24 heavy (non-hydrogen) atoms. The highest BCUT2D eigenvalue weighted by Crippen LogP contribution is 2.34. The molecule has 0 saturated carbocycles. The second kappa shape index (κ2) is 8.01. The second-order valence-corrected chi connectivity index (χ2v) is 5.72. The number of Topliss-reactive ketones (excluding diaryl/α,β-unsaturated/α-hetero) is 2. The summed E-state index contributed by atoms with van der Waals surface area (Å²) < 4.78 is 4.70. The molecule has 0 heterocycles. The Labute approximate surface area is 144 Å². The molecular weight excluding hydrogens is 338 g/mol. The second-order valence-electron chi connectivity index (χ2n) is 5.29. The van der Waals surface area contributed by atoms with E-state index in [0.717, 1.165) is 13.8 Å². The minimum atomic E-state index is -1.84. The van der Waals surface area contributed by atoms with Crippen molar-refractivity contribution in [3.05, 3.63) is 45.0 Å². The Morgan fingerprint density at radius 3 is 2.29 bits per heavy atom. The molecule has 1 aromatic carbocycles. The third kappa shape index (κ3) is 3.97. The number of hydrogen-bond donors (Lipinski definition) is 0. The van der Waals surface area contributed by atoms with Crippen LogP contribution in [0.2, 0.25) is 5.02 Å². The minimum absolute atomic E-state index is 0.0481. The molecule has 0 fully saturated rings. The highest BCUT2D eigenvalue weighted by Gasteiger charge is 2.50. The van der Waals surface area contributed by atoms with Gasteiger partial charge in [0.2, 0.25) is 0 Å².